The maximum absolute atomic E-state index is 11.8. The molecule has 1 fully saturated rings. The molecule has 2 aliphatic rings. The number of aryl methyl sites for hydroxylation is 1. The number of amides is 1. The van der Waals surface area contributed by atoms with Gasteiger partial charge in [0.25, 0.3) is 0 Å². The van der Waals surface area contributed by atoms with Crippen molar-refractivity contribution in [1.29, 1.82) is 0 Å². The molecule has 0 radical (unpaired) electrons. The Morgan fingerprint density at radius 3 is 2.40 bits per heavy atom. The zero-order valence-corrected chi connectivity index (χ0v) is 17.3. The van der Waals surface area contributed by atoms with Crippen molar-refractivity contribution in [3.05, 3.63) is 33.8 Å². The zero-order valence-electron chi connectivity index (χ0n) is 15.8. The number of piperidine rings is 1. The van der Waals surface area contributed by atoms with Crippen LogP contribution in [0.1, 0.15) is 63.6 Å². The molecule has 1 aromatic carbocycles. The minimum Gasteiger partial charge on any atom is -0.351 e. The predicted octanol–water partition coefficient (Wildman–Crippen LogP) is 4.71. The minimum atomic E-state index is -0.367. The first-order chi connectivity index (χ1) is 11.5. The smallest absolute Gasteiger partial charge is 0.217 e. The maximum atomic E-state index is 11.8. The number of fused-ring (bicyclic) bond motifs is 2. The Bertz CT molecular complexity index is 708. The van der Waals surface area contributed by atoms with Crippen molar-refractivity contribution in [3.8, 4) is 0 Å². The van der Waals surface area contributed by atoms with Crippen molar-refractivity contribution in [2.24, 2.45) is 0 Å². The Labute approximate surface area is 161 Å². The molecular formula is C20H28Cl2N2O. The van der Waals surface area contributed by atoms with Gasteiger partial charge < -0.3 is 5.32 Å². The number of halogens is 2. The number of hydrogen-bond acceptors (Lipinski definition) is 2. The lowest BCUT2D eigenvalue weighted by molar-refractivity contribution is -0.121. The van der Waals surface area contributed by atoms with Crippen LogP contribution in [0.25, 0.3) is 0 Å². The van der Waals surface area contributed by atoms with E-state index < -0.39 is 0 Å². The third-order valence-electron chi connectivity index (χ3n) is 6.69. The highest BCUT2D eigenvalue weighted by Gasteiger charge is 2.56. The molecule has 1 N–H and O–H groups in total. The maximum Gasteiger partial charge on any atom is 0.217 e. The summed E-state index contributed by atoms with van der Waals surface area (Å²) in [6, 6.07) is 4.41. The van der Waals surface area contributed by atoms with Crippen molar-refractivity contribution in [1.82, 2.24) is 9.74 Å². The van der Waals surface area contributed by atoms with Crippen LogP contribution in [-0.2, 0) is 15.6 Å². The number of hydrogen-bond donors (Lipinski definition) is 1. The highest BCUT2D eigenvalue weighted by molar-refractivity contribution is 6.31. The first-order valence-corrected chi connectivity index (χ1v) is 9.73. The highest BCUT2D eigenvalue weighted by atomic mass is 35.5. The van der Waals surface area contributed by atoms with Crippen molar-refractivity contribution < 1.29 is 4.79 Å². The molecule has 0 saturated carbocycles. The van der Waals surface area contributed by atoms with Crippen LogP contribution in [0.2, 0.25) is 5.02 Å². The van der Waals surface area contributed by atoms with Crippen LogP contribution < -0.4 is 5.32 Å². The van der Waals surface area contributed by atoms with Crippen molar-refractivity contribution >= 4 is 29.3 Å². The van der Waals surface area contributed by atoms with E-state index in [-0.39, 0.29) is 22.3 Å². The van der Waals surface area contributed by atoms with Gasteiger partial charge in [-0.15, -0.1) is 0 Å². The van der Waals surface area contributed by atoms with Gasteiger partial charge in [0.2, 0.25) is 5.91 Å². The predicted molar refractivity (Wildman–Crippen MR) is 104 cm³/mol. The summed E-state index contributed by atoms with van der Waals surface area (Å²) in [7, 11) is 0. The van der Waals surface area contributed by atoms with Crippen LogP contribution in [0.15, 0.2) is 12.1 Å². The molecule has 1 aliphatic heterocycles. The van der Waals surface area contributed by atoms with Gasteiger partial charge in [0, 0.05) is 36.0 Å². The highest BCUT2D eigenvalue weighted by Crippen LogP contribution is 2.58. The number of nitrogens with one attached hydrogen (secondary N) is 1. The van der Waals surface area contributed by atoms with Crippen LogP contribution in [0.5, 0.6) is 0 Å². The Kier molecular flexibility index (Phi) is 4.67. The molecule has 0 unspecified atom stereocenters. The number of carbonyl (C=O) groups is 1. The average molecular weight is 383 g/mol. The fourth-order valence-electron chi connectivity index (χ4n) is 4.93. The second kappa shape index (κ2) is 6.14. The fourth-order valence-corrected chi connectivity index (χ4v) is 5.27. The molecule has 25 heavy (non-hydrogen) atoms. The summed E-state index contributed by atoms with van der Waals surface area (Å²) < 4.78 is 1.89. The van der Waals surface area contributed by atoms with Gasteiger partial charge in [-0.2, -0.15) is 0 Å². The standard InChI is InChI=1S/C20H28Cl2N2O/c1-13-10-16-15(11-17(13)21)19(5,18(3,4)23-14(2)25)12-20(16)6-8-24(22)9-7-20/h10-11H,6-9,12H2,1-5H3,(H,23,25)/t19-/m0/s1. The summed E-state index contributed by atoms with van der Waals surface area (Å²) in [4.78, 5) is 11.8. The lowest BCUT2D eigenvalue weighted by atomic mass is 9.65. The SMILES string of the molecule is CC(=O)NC(C)(C)[C@@]1(C)CC2(CCN(Cl)CC2)c2cc(C)c(Cl)cc21. The van der Waals surface area contributed by atoms with E-state index in [0.717, 1.165) is 42.9 Å². The molecular weight excluding hydrogens is 355 g/mol. The van der Waals surface area contributed by atoms with Gasteiger partial charge in [-0.25, -0.2) is 4.42 Å². The molecule has 1 aliphatic carbocycles. The van der Waals surface area contributed by atoms with Gasteiger partial charge >= 0.3 is 0 Å². The van der Waals surface area contributed by atoms with Crippen LogP contribution in [0.3, 0.4) is 0 Å². The summed E-state index contributed by atoms with van der Waals surface area (Å²) in [6.45, 7) is 12.0. The van der Waals surface area contributed by atoms with E-state index in [4.69, 9.17) is 23.4 Å². The lowest BCUT2D eigenvalue weighted by Crippen LogP contribution is -2.56. The molecule has 1 saturated heterocycles. The lowest BCUT2D eigenvalue weighted by Gasteiger charge is -2.45. The van der Waals surface area contributed by atoms with E-state index in [9.17, 15) is 4.79 Å². The monoisotopic (exact) mass is 382 g/mol. The van der Waals surface area contributed by atoms with Crippen LogP contribution >= 0.6 is 23.4 Å². The van der Waals surface area contributed by atoms with Crippen LogP contribution in [0.4, 0.5) is 0 Å². The first-order valence-electron chi connectivity index (χ1n) is 9.01. The number of benzene rings is 1. The Morgan fingerprint density at radius 2 is 1.84 bits per heavy atom. The molecule has 1 atom stereocenters. The average Bonchev–Trinajstić information content (AvgIpc) is 2.73. The Hall–Kier alpha value is -0.770. The summed E-state index contributed by atoms with van der Waals surface area (Å²) in [5, 5.41) is 3.99. The minimum absolute atomic E-state index is 0.00233. The van der Waals surface area contributed by atoms with Crippen molar-refractivity contribution in [3.63, 3.8) is 0 Å². The molecule has 1 spiro atoms. The van der Waals surface area contributed by atoms with E-state index >= 15 is 0 Å². The third kappa shape index (κ3) is 2.98. The van der Waals surface area contributed by atoms with Gasteiger partial charge in [-0.1, -0.05) is 24.6 Å². The molecule has 3 rings (SSSR count). The van der Waals surface area contributed by atoms with Crippen molar-refractivity contribution in [2.75, 3.05) is 13.1 Å². The van der Waals surface area contributed by atoms with E-state index in [1.807, 2.05) is 4.42 Å². The molecule has 0 aromatic heterocycles. The topological polar surface area (TPSA) is 32.3 Å². The van der Waals surface area contributed by atoms with Gasteiger partial charge in [-0.3, -0.25) is 4.79 Å². The van der Waals surface area contributed by atoms with E-state index in [2.05, 4.69) is 45.1 Å². The molecule has 3 nitrogen and oxygen atoms in total. The van der Waals surface area contributed by atoms with Gasteiger partial charge in [0.1, 0.15) is 0 Å². The second-order valence-corrected chi connectivity index (χ2v) is 9.54. The van der Waals surface area contributed by atoms with Gasteiger partial charge in [-0.05, 0) is 80.0 Å². The normalized spacial score (nSPS) is 25.9. The van der Waals surface area contributed by atoms with Crippen molar-refractivity contribution in [2.45, 2.75) is 70.3 Å². The summed E-state index contributed by atoms with van der Waals surface area (Å²) in [6.07, 6.45) is 3.08. The van der Waals surface area contributed by atoms with E-state index in [0.29, 0.717) is 0 Å². The molecule has 5 heteroatoms. The van der Waals surface area contributed by atoms with E-state index in [1.165, 1.54) is 11.1 Å². The van der Waals surface area contributed by atoms with Gasteiger partial charge in [0.15, 0.2) is 0 Å². The molecule has 0 bridgehead atoms. The summed E-state index contributed by atoms with van der Waals surface area (Å²) >= 11 is 12.8. The Balaban J connectivity index is 2.15. The second-order valence-electron chi connectivity index (χ2n) is 8.65. The summed E-state index contributed by atoms with van der Waals surface area (Å²) in [5.74, 6) is 0.00233. The molecule has 1 amide bonds. The first kappa shape index (κ1) is 19.0. The summed E-state index contributed by atoms with van der Waals surface area (Å²) in [5.41, 5.74) is 3.37. The zero-order chi connectivity index (χ0) is 18.6. The van der Waals surface area contributed by atoms with Crippen LogP contribution in [-0.4, -0.2) is 29.0 Å². The van der Waals surface area contributed by atoms with Crippen LogP contribution in [0, 0.1) is 6.92 Å². The number of nitrogens with zero attached hydrogens (tertiary/aromatic N) is 1. The third-order valence-corrected chi connectivity index (χ3v) is 7.44. The molecule has 1 heterocycles. The fraction of sp³-hybridized carbons (Fsp3) is 0.650. The largest absolute Gasteiger partial charge is 0.351 e. The van der Waals surface area contributed by atoms with Gasteiger partial charge in [0.05, 0.1) is 0 Å². The van der Waals surface area contributed by atoms with E-state index in [1.54, 1.807) is 6.92 Å². The Morgan fingerprint density at radius 1 is 1.24 bits per heavy atom. The molecule has 1 aromatic rings. The molecule has 138 valence electrons. The number of carbonyl (C=O) groups excluding carboxylic acids is 1. The number of rotatable bonds is 2. The quantitative estimate of drug-likeness (QED) is 0.750.